The molecule has 0 aliphatic heterocycles. The van der Waals surface area contributed by atoms with Crippen molar-refractivity contribution in [2.24, 2.45) is 0 Å². The molecule has 66 valence electrons. The molecule has 0 bridgehead atoms. The van der Waals surface area contributed by atoms with Gasteiger partial charge in [0.25, 0.3) is 0 Å². The molecule has 0 radical (unpaired) electrons. The molecule has 0 aliphatic rings. The van der Waals surface area contributed by atoms with Gasteiger partial charge in [-0.25, -0.2) is 8.42 Å². The van der Waals surface area contributed by atoms with Crippen molar-refractivity contribution in [2.45, 2.75) is 19.8 Å². The molecular weight excluding hydrogens is 207 g/mol. The Labute approximate surface area is 77.1 Å². The van der Waals surface area contributed by atoms with Crippen LogP contribution in [0.2, 0.25) is 0 Å². The molecule has 0 unspecified atom stereocenters. The third-order valence-corrected chi connectivity index (χ3v) is 2.98. The predicted octanol–water partition coefficient (Wildman–Crippen LogP) is 2.48. The fourth-order valence-corrected chi connectivity index (χ4v) is 2.43. The monoisotopic (exact) mass is 216 g/mol. The molecule has 0 heterocycles. The molecule has 2 nitrogen and oxygen atoms in total. The van der Waals surface area contributed by atoms with Crippen molar-refractivity contribution in [2.75, 3.05) is 5.75 Å². The fraction of sp³-hybridized carbons (Fsp3) is 0.667. The summed E-state index contributed by atoms with van der Waals surface area (Å²) >= 11 is 10.4. The van der Waals surface area contributed by atoms with Crippen LogP contribution < -0.4 is 0 Å². The van der Waals surface area contributed by atoms with Crippen LogP contribution in [0.15, 0.2) is 9.90 Å². The topological polar surface area (TPSA) is 34.1 Å². The molecule has 0 atom stereocenters. The minimum absolute atomic E-state index is 0.118. The average Bonchev–Trinajstić information content (AvgIpc) is 1.81. The predicted molar refractivity (Wildman–Crippen MR) is 48.5 cm³/mol. The highest BCUT2D eigenvalue weighted by Crippen LogP contribution is 2.10. The number of hydrogen-bond acceptors (Lipinski definition) is 2. The highest BCUT2D eigenvalue weighted by molar-refractivity contribution is 7.94. The van der Waals surface area contributed by atoms with Gasteiger partial charge in [-0.05, 0) is 6.42 Å². The Balaban J connectivity index is 4.14. The second-order valence-electron chi connectivity index (χ2n) is 2.13. The number of halogens is 2. The second kappa shape index (κ2) is 5.01. The molecule has 0 spiro atoms. The van der Waals surface area contributed by atoms with Crippen molar-refractivity contribution >= 4 is 33.0 Å². The zero-order valence-electron chi connectivity index (χ0n) is 6.18. The first-order valence-electron chi connectivity index (χ1n) is 3.23. The van der Waals surface area contributed by atoms with Crippen LogP contribution in [0.5, 0.6) is 0 Å². The van der Waals surface area contributed by atoms with Crippen molar-refractivity contribution in [1.82, 2.24) is 0 Å². The molecule has 0 amide bonds. The van der Waals surface area contributed by atoms with Gasteiger partial charge in [-0.3, -0.25) is 0 Å². The molecule has 5 heteroatoms. The Morgan fingerprint density at radius 1 is 1.45 bits per heavy atom. The lowest BCUT2D eigenvalue weighted by Gasteiger charge is -1.94. The van der Waals surface area contributed by atoms with Gasteiger partial charge in [0.2, 0.25) is 0 Å². The summed E-state index contributed by atoms with van der Waals surface area (Å²) in [6.07, 6.45) is 1.48. The normalized spacial score (nSPS) is 11.2. The third kappa shape index (κ3) is 6.66. The number of hydrogen-bond donors (Lipinski definition) is 0. The lowest BCUT2D eigenvalue weighted by molar-refractivity contribution is 0.601. The quantitative estimate of drug-likeness (QED) is 0.724. The second-order valence-corrected chi connectivity index (χ2v) is 5.11. The Morgan fingerprint density at radius 2 is 2.00 bits per heavy atom. The summed E-state index contributed by atoms with van der Waals surface area (Å²) in [7, 11) is -3.17. The average molecular weight is 217 g/mol. The number of unbranched alkanes of at least 4 members (excludes halogenated alkanes) is 1. The van der Waals surface area contributed by atoms with Crippen LogP contribution >= 0.6 is 23.2 Å². The van der Waals surface area contributed by atoms with Gasteiger partial charge < -0.3 is 0 Å². The molecule has 0 aromatic carbocycles. The summed E-state index contributed by atoms with van der Waals surface area (Å²) in [6, 6.07) is 0. The number of sulfone groups is 1. The van der Waals surface area contributed by atoms with Gasteiger partial charge in [0, 0.05) is 0 Å². The van der Waals surface area contributed by atoms with Gasteiger partial charge in [0.05, 0.1) is 11.2 Å². The van der Waals surface area contributed by atoms with Crippen molar-refractivity contribution in [3.05, 3.63) is 9.90 Å². The van der Waals surface area contributed by atoms with E-state index in [0.717, 1.165) is 11.8 Å². The summed E-state index contributed by atoms with van der Waals surface area (Å²) in [5.74, 6) is 0.118. The first kappa shape index (κ1) is 11.3. The summed E-state index contributed by atoms with van der Waals surface area (Å²) in [6.45, 7) is 1.92. The summed E-state index contributed by atoms with van der Waals surface area (Å²) in [4.78, 5) is 0. The van der Waals surface area contributed by atoms with Gasteiger partial charge in [0.15, 0.2) is 9.84 Å². The zero-order chi connectivity index (χ0) is 8.91. The smallest absolute Gasteiger partial charge is 0.173 e. The first-order valence-corrected chi connectivity index (χ1v) is 5.70. The maximum atomic E-state index is 11.0. The van der Waals surface area contributed by atoms with Gasteiger partial charge in [-0.1, -0.05) is 36.5 Å². The van der Waals surface area contributed by atoms with Crippen molar-refractivity contribution in [3.8, 4) is 0 Å². The zero-order valence-corrected chi connectivity index (χ0v) is 8.51. The van der Waals surface area contributed by atoms with Gasteiger partial charge in [-0.15, -0.1) is 0 Å². The SMILES string of the molecule is CCCCS(=O)(=O)C=C(Cl)Cl. The summed E-state index contributed by atoms with van der Waals surface area (Å²) in [5.41, 5.74) is 0. The minimum Gasteiger partial charge on any atom is -0.224 e. The van der Waals surface area contributed by atoms with Gasteiger partial charge in [-0.2, -0.15) is 0 Å². The van der Waals surface area contributed by atoms with E-state index in [1.807, 2.05) is 6.92 Å². The Hall–Kier alpha value is 0.270. The Kier molecular flexibility index (Phi) is 5.13. The van der Waals surface area contributed by atoms with Crippen LogP contribution in [-0.4, -0.2) is 14.2 Å². The van der Waals surface area contributed by atoms with E-state index in [1.165, 1.54) is 0 Å². The molecule has 0 rings (SSSR count). The summed E-state index contributed by atoms with van der Waals surface area (Å²) in [5, 5.41) is 0.881. The molecule has 0 saturated heterocycles. The van der Waals surface area contributed by atoms with Crippen LogP contribution in [0.3, 0.4) is 0 Å². The maximum absolute atomic E-state index is 11.0. The summed E-state index contributed by atoms with van der Waals surface area (Å²) < 4.78 is 21.7. The van der Waals surface area contributed by atoms with E-state index in [9.17, 15) is 8.42 Å². The van der Waals surface area contributed by atoms with E-state index in [0.29, 0.717) is 6.42 Å². The molecule has 0 fully saturated rings. The lowest BCUT2D eigenvalue weighted by atomic mass is 10.4. The van der Waals surface area contributed by atoms with Crippen LogP contribution in [0, 0.1) is 0 Å². The van der Waals surface area contributed by atoms with E-state index in [1.54, 1.807) is 0 Å². The Bertz CT molecular complexity index is 227. The van der Waals surface area contributed by atoms with Crippen LogP contribution in [0.1, 0.15) is 19.8 Å². The highest BCUT2D eigenvalue weighted by atomic mass is 35.5. The molecule has 0 aromatic heterocycles. The number of rotatable bonds is 4. The Morgan fingerprint density at radius 3 is 2.36 bits per heavy atom. The fourth-order valence-electron chi connectivity index (χ4n) is 0.540. The van der Waals surface area contributed by atoms with Crippen LogP contribution in [0.4, 0.5) is 0 Å². The maximum Gasteiger partial charge on any atom is 0.173 e. The molecule has 0 saturated carbocycles. The van der Waals surface area contributed by atoms with E-state index >= 15 is 0 Å². The van der Waals surface area contributed by atoms with E-state index in [4.69, 9.17) is 23.2 Å². The molecular formula is C6H10Cl2O2S. The van der Waals surface area contributed by atoms with Crippen LogP contribution in [-0.2, 0) is 9.84 Å². The third-order valence-electron chi connectivity index (χ3n) is 1.05. The molecule has 0 N–H and O–H groups in total. The standard InChI is InChI=1S/C6H10Cl2O2S/c1-2-3-4-11(9,10)5-6(7)8/h5H,2-4H2,1H3. The molecule has 11 heavy (non-hydrogen) atoms. The lowest BCUT2D eigenvalue weighted by Crippen LogP contribution is -2.01. The minimum atomic E-state index is -3.17. The van der Waals surface area contributed by atoms with Gasteiger partial charge in [0.1, 0.15) is 4.49 Å². The van der Waals surface area contributed by atoms with Crippen molar-refractivity contribution in [1.29, 1.82) is 0 Å². The van der Waals surface area contributed by atoms with Crippen molar-refractivity contribution in [3.63, 3.8) is 0 Å². The van der Waals surface area contributed by atoms with E-state index in [-0.39, 0.29) is 10.2 Å². The van der Waals surface area contributed by atoms with Crippen molar-refractivity contribution < 1.29 is 8.42 Å². The van der Waals surface area contributed by atoms with Crippen LogP contribution in [0.25, 0.3) is 0 Å². The van der Waals surface area contributed by atoms with Gasteiger partial charge >= 0.3 is 0 Å². The first-order chi connectivity index (χ1) is 4.98. The highest BCUT2D eigenvalue weighted by Gasteiger charge is 2.05. The van der Waals surface area contributed by atoms with E-state index in [2.05, 4.69) is 0 Å². The molecule has 0 aliphatic carbocycles. The molecule has 0 aromatic rings. The largest absolute Gasteiger partial charge is 0.224 e. The van der Waals surface area contributed by atoms with E-state index < -0.39 is 9.84 Å².